The van der Waals surface area contributed by atoms with Crippen molar-refractivity contribution in [2.45, 2.75) is 25.2 Å². The Hall–Kier alpha value is -2.71. The first-order valence-electron chi connectivity index (χ1n) is 9.46. The molecule has 0 saturated carbocycles. The third-order valence-corrected chi connectivity index (χ3v) is 5.16. The molecule has 8 heteroatoms. The second kappa shape index (κ2) is 8.12. The molecule has 2 saturated heterocycles. The Morgan fingerprint density at radius 1 is 1.14 bits per heavy atom. The monoisotopic (exact) mass is 384 g/mol. The molecule has 1 aromatic heterocycles. The molecule has 0 aliphatic carbocycles. The summed E-state index contributed by atoms with van der Waals surface area (Å²) in [6, 6.07) is 11.2. The van der Waals surface area contributed by atoms with E-state index in [-0.39, 0.29) is 5.91 Å². The summed E-state index contributed by atoms with van der Waals surface area (Å²) >= 11 is 0. The molecule has 0 atom stereocenters. The predicted molar refractivity (Wildman–Crippen MR) is 102 cm³/mol. The second-order valence-electron chi connectivity index (χ2n) is 6.87. The van der Waals surface area contributed by atoms with Crippen LogP contribution in [0.5, 0.6) is 5.75 Å². The maximum absolute atomic E-state index is 12.7. The molecule has 1 N–H and O–H groups in total. The number of hydrogen-bond acceptors (Lipinski definition) is 7. The lowest BCUT2D eigenvalue weighted by molar-refractivity contribution is -0.181. The van der Waals surface area contributed by atoms with Crippen molar-refractivity contribution in [3.05, 3.63) is 47.7 Å². The molecular formula is C20H24N4O4. The van der Waals surface area contributed by atoms with Crippen molar-refractivity contribution >= 4 is 11.7 Å². The minimum Gasteiger partial charge on any atom is -0.496 e. The maximum Gasteiger partial charge on any atom is 0.274 e. The number of methoxy groups -OCH3 is 1. The van der Waals surface area contributed by atoms with Crippen LogP contribution in [0.3, 0.4) is 0 Å². The van der Waals surface area contributed by atoms with Gasteiger partial charge in [0.25, 0.3) is 5.91 Å². The molecule has 2 aliphatic rings. The van der Waals surface area contributed by atoms with Gasteiger partial charge in [-0.1, -0.05) is 18.2 Å². The lowest BCUT2D eigenvalue weighted by Gasteiger charge is -2.37. The van der Waals surface area contributed by atoms with Gasteiger partial charge >= 0.3 is 0 Å². The molecule has 28 heavy (non-hydrogen) atoms. The molecule has 0 bridgehead atoms. The zero-order valence-electron chi connectivity index (χ0n) is 15.9. The third-order valence-electron chi connectivity index (χ3n) is 5.16. The summed E-state index contributed by atoms with van der Waals surface area (Å²) < 4.78 is 16.8. The predicted octanol–water partition coefficient (Wildman–Crippen LogP) is 2.08. The first kappa shape index (κ1) is 18.6. The fraction of sp³-hybridized carbons (Fsp3) is 0.450. The summed E-state index contributed by atoms with van der Waals surface area (Å²) in [4.78, 5) is 14.5. The molecule has 148 valence electrons. The van der Waals surface area contributed by atoms with Gasteiger partial charge < -0.3 is 24.4 Å². The number of para-hydroxylation sites is 1. The van der Waals surface area contributed by atoms with E-state index < -0.39 is 5.79 Å². The first-order chi connectivity index (χ1) is 13.7. The van der Waals surface area contributed by atoms with Crippen molar-refractivity contribution in [1.82, 2.24) is 15.1 Å². The summed E-state index contributed by atoms with van der Waals surface area (Å²) in [7, 11) is 1.65. The summed E-state index contributed by atoms with van der Waals surface area (Å²) in [5.74, 6) is 0.812. The van der Waals surface area contributed by atoms with Gasteiger partial charge in [-0.3, -0.25) is 4.79 Å². The van der Waals surface area contributed by atoms with Crippen LogP contribution in [-0.2, 0) is 16.0 Å². The standard InChI is InChI=1S/C20H24N4O4/c1-26-17-5-3-2-4-15(17)14-21-18-7-6-16(22-23-18)19(25)24-10-8-20(9-11-24)27-12-13-28-20/h2-7H,8-14H2,1H3,(H,21,23). The van der Waals surface area contributed by atoms with Crippen molar-refractivity contribution in [1.29, 1.82) is 0 Å². The Balaban J connectivity index is 1.33. The lowest BCUT2D eigenvalue weighted by Crippen LogP contribution is -2.47. The molecule has 0 radical (unpaired) electrons. The van der Waals surface area contributed by atoms with Crippen molar-refractivity contribution in [3.63, 3.8) is 0 Å². The minimum atomic E-state index is -0.491. The highest BCUT2D eigenvalue weighted by molar-refractivity contribution is 5.92. The number of nitrogens with one attached hydrogen (secondary N) is 1. The highest BCUT2D eigenvalue weighted by Gasteiger charge is 2.41. The molecular weight excluding hydrogens is 360 g/mol. The lowest BCUT2D eigenvalue weighted by atomic mass is 10.0. The van der Waals surface area contributed by atoms with Gasteiger partial charge in [-0.25, -0.2) is 0 Å². The van der Waals surface area contributed by atoms with Crippen molar-refractivity contribution < 1.29 is 19.0 Å². The third kappa shape index (κ3) is 3.93. The highest BCUT2D eigenvalue weighted by atomic mass is 16.7. The van der Waals surface area contributed by atoms with Crippen LogP contribution in [0.1, 0.15) is 28.9 Å². The van der Waals surface area contributed by atoms with Gasteiger partial charge in [0.1, 0.15) is 11.6 Å². The fourth-order valence-electron chi connectivity index (χ4n) is 3.57. The number of likely N-dealkylation sites (tertiary alicyclic amines) is 1. The topological polar surface area (TPSA) is 85.8 Å². The maximum atomic E-state index is 12.7. The molecule has 1 amide bonds. The van der Waals surface area contributed by atoms with Crippen LogP contribution in [0.15, 0.2) is 36.4 Å². The molecule has 1 spiro atoms. The summed E-state index contributed by atoms with van der Waals surface area (Å²) in [5, 5.41) is 11.4. The van der Waals surface area contributed by atoms with Gasteiger partial charge in [-0.15, -0.1) is 10.2 Å². The van der Waals surface area contributed by atoms with E-state index in [2.05, 4.69) is 15.5 Å². The number of carbonyl (C=O) groups is 1. The van der Waals surface area contributed by atoms with E-state index in [0.29, 0.717) is 57.2 Å². The van der Waals surface area contributed by atoms with Crippen LogP contribution >= 0.6 is 0 Å². The number of anilines is 1. The average Bonchev–Trinajstić information content (AvgIpc) is 3.21. The number of rotatable bonds is 5. The zero-order chi connectivity index (χ0) is 19.4. The number of ether oxygens (including phenoxy) is 3. The van der Waals surface area contributed by atoms with E-state index in [1.54, 1.807) is 24.1 Å². The van der Waals surface area contributed by atoms with Gasteiger partial charge in [0.2, 0.25) is 0 Å². The van der Waals surface area contributed by atoms with Crippen LogP contribution in [0.2, 0.25) is 0 Å². The fourth-order valence-corrected chi connectivity index (χ4v) is 3.57. The molecule has 8 nitrogen and oxygen atoms in total. The molecule has 2 aromatic rings. The van der Waals surface area contributed by atoms with E-state index in [1.807, 2.05) is 24.3 Å². The van der Waals surface area contributed by atoms with E-state index in [1.165, 1.54) is 0 Å². The minimum absolute atomic E-state index is 0.114. The van der Waals surface area contributed by atoms with Gasteiger partial charge in [0.05, 0.1) is 20.3 Å². The average molecular weight is 384 g/mol. The number of piperidine rings is 1. The Labute approximate surface area is 163 Å². The number of amides is 1. The molecule has 0 unspecified atom stereocenters. The number of nitrogens with zero attached hydrogens (tertiary/aromatic N) is 3. The van der Waals surface area contributed by atoms with Gasteiger partial charge in [-0.2, -0.15) is 0 Å². The van der Waals surface area contributed by atoms with Crippen LogP contribution in [0.25, 0.3) is 0 Å². The molecule has 1 aromatic carbocycles. The smallest absolute Gasteiger partial charge is 0.274 e. The Kier molecular flexibility index (Phi) is 5.40. The van der Waals surface area contributed by atoms with Gasteiger partial charge in [-0.05, 0) is 18.2 Å². The van der Waals surface area contributed by atoms with Crippen LogP contribution < -0.4 is 10.1 Å². The molecule has 2 aliphatic heterocycles. The van der Waals surface area contributed by atoms with E-state index in [4.69, 9.17) is 14.2 Å². The van der Waals surface area contributed by atoms with Crippen LogP contribution in [-0.4, -0.2) is 60.2 Å². The van der Waals surface area contributed by atoms with E-state index in [9.17, 15) is 4.79 Å². The molecule has 4 rings (SSSR count). The summed E-state index contributed by atoms with van der Waals surface area (Å²) in [5.41, 5.74) is 1.36. The SMILES string of the molecule is COc1ccccc1CNc1ccc(C(=O)N2CCC3(CC2)OCCO3)nn1. The van der Waals surface area contributed by atoms with Crippen molar-refractivity contribution in [3.8, 4) is 5.75 Å². The normalized spacial score (nSPS) is 18.2. The second-order valence-corrected chi connectivity index (χ2v) is 6.87. The largest absolute Gasteiger partial charge is 0.496 e. The van der Waals surface area contributed by atoms with Gasteiger partial charge in [0.15, 0.2) is 11.5 Å². The highest BCUT2D eigenvalue weighted by Crippen LogP contribution is 2.31. The van der Waals surface area contributed by atoms with Crippen LogP contribution in [0.4, 0.5) is 5.82 Å². The van der Waals surface area contributed by atoms with Crippen molar-refractivity contribution in [2.24, 2.45) is 0 Å². The Morgan fingerprint density at radius 2 is 1.89 bits per heavy atom. The van der Waals surface area contributed by atoms with Gasteiger partial charge in [0, 0.05) is 38.0 Å². The Bertz CT molecular complexity index is 811. The molecule has 2 fully saturated rings. The molecule has 3 heterocycles. The quantitative estimate of drug-likeness (QED) is 0.845. The number of benzene rings is 1. The van der Waals surface area contributed by atoms with E-state index in [0.717, 1.165) is 11.3 Å². The van der Waals surface area contributed by atoms with E-state index >= 15 is 0 Å². The zero-order valence-corrected chi connectivity index (χ0v) is 15.9. The number of carbonyl (C=O) groups excluding carboxylic acids is 1. The first-order valence-corrected chi connectivity index (χ1v) is 9.46. The summed E-state index contributed by atoms with van der Waals surface area (Å²) in [6.45, 7) is 2.99. The van der Waals surface area contributed by atoms with Crippen LogP contribution in [0, 0.1) is 0 Å². The number of aromatic nitrogens is 2. The number of hydrogen-bond donors (Lipinski definition) is 1. The van der Waals surface area contributed by atoms with Crippen molar-refractivity contribution in [2.75, 3.05) is 38.7 Å². The summed E-state index contributed by atoms with van der Waals surface area (Å²) in [6.07, 6.45) is 1.37. The Morgan fingerprint density at radius 3 is 2.57 bits per heavy atom.